The number of benzene rings is 2. The lowest BCUT2D eigenvalue weighted by molar-refractivity contribution is -0.154. The van der Waals surface area contributed by atoms with Crippen molar-refractivity contribution in [3.8, 4) is 6.07 Å². The number of nitrogens with one attached hydrogen (secondary N) is 2. The Balaban J connectivity index is 1.94. The first kappa shape index (κ1) is 22.1. The first-order chi connectivity index (χ1) is 13.6. The Kier molecular flexibility index (Phi) is 7.09. The van der Waals surface area contributed by atoms with E-state index in [4.69, 9.17) is 10.00 Å². The van der Waals surface area contributed by atoms with Gasteiger partial charge < -0.3 is 10.1 Å². The third kappa shape index (κ3) is 6.14. The Hall–Kier alpha value is -3.22. The monoisotopic (exact) mass is 415 g/mol. The fourth-order valence-corrected chi connectivity index (χ4v) is 3.46. The van der Waals surface area contributed by atoms with E-state index in [1.54, 1.807) is 24.3 Å². The van der Waals surface area contributed by atoms with Gasteiger partial charge in [-0.05, 0) is 57.2 Å². The summed E-state index contributed by atoms with van der Waals surface area (Å²) in [5, 5.41) is 11.3. The number of amides is 1. The first-order valence-electron chi connectivity index (χ1n) is 8.73. The third-order valence-corrected chi connectivity index (χ3v) is 5.52. The Bertz CT molecular complexity index is 1030. The number of sulfonamides is 1. The normalized spacial score (nSPS) is 13.0. The Morgan fingerprint density at radius 2 is 1.62 bits per heavy atom. The zero-order valence-electron chi connectivity index (χ0n) is 16.2. The van der Waals surface area contributed by atoms with Crippen molar-refractivity contribution in [2.24, 2.45) is 0 Å². The van der Waals surface area contributed by atoms with Crippen molar-refractivity contribution in [2.75, 3.05) is 5.32 Å². The molecule has 0 bridgehead atoms. The van der Waals surface area contributed by atoms with Gasteiger partial charge in [-0.2, -0.15) is 9.98 Å². The van der Waals surface area contributed by atoms with Gasteiger partial charge in [0.1, 0.15) is 6.04 Å². The van der Waals surface area contributed by atoms with E-state index in [0.717, 1.165) is 5.56 Å². The van der Waals surface area contributed by atoms with Crippen LogP contribution in [-0.4, -0.2) is 32.4 Å². The highest BCUT2D eigenvalue weighted by molar-refractivity contribution is 7.89. The summed E-state index contributed by atoms with van der Waals surface area (Å²) in [5.41, 5.74) is 1.78. The summed E-state index contributed by atoms with van der Waals surface area (Å²) in [7, 11) is -3.91. The lowest BCUT2D eigenvalue weighted by atomic mass is 10.2. The number of carbonyl (C=O) groups is 2. The van der Waals surface area contributed by atoms with Crippen LogP contribution < -0.4 is 10.0 Å². The maximum atomic E-state index is 12.4. The molecule has 0 spiro atoms. The molecule has 0 aliphatic rings. The van der Waals surface area contributed by atoms with E-state index in [9.17, 15) is 18.0 Å². The molecule has 0 heterocycles. The minimum atomic E-state index is -3.91. The van der Waals surface area contributed by atoms with Gasteiger partial charge in [-0.15, -0.1) is 0 Å². The van der Waals surface area contributed by atoms with Crippen LogP contribution in [0.25, 0.3) is 0 Å². The van der Waals surface area contributed by atoms with Gasteiger partial charge in [0, 0.05) is 5.69 Å². The number of aryl methyl sites for hydroxylation is 1. The van der Waals surface area contributed by atoms with Gasteiger partial charge in [0.25, 0.3) is 5.91 Å². The molecule has 0 aromatic heterocycles. The highest BCUT2D eigenvalue weighted by Crippen LogP contribution is 2.12. The van der Waals surface area contributed by atoms with Crippen molar-refractivity contribution in [2.45, 2.75) is 37.8 Å². The highest BCUT2D eigenvalue weighted by atomic mass is 32.2. The van der Waals surface area contributed by atoms with Crippen molar-refractivity contribution in [3.63, 3.8) is 0 Å². The van der Waals surface area contributed by atoms with E-state index >= 15 is 0 Å². The van der Waals surface area contributed by atoms with E-state index in [-0.39, 0.29) is 4.90 Å². The van der Waals surface area contributed by atoms with E-state index in [2.05, 4.69) is 10.0 Å². The van der Waals surface area contributed by atoms with E-state index in [0.29, 0.717) is 11.3 Å². The largest absolute Gasteiger partial charge is 0.451 e. The van der Waals surface area contributed by atoms with Gasteiger partial charge in [-0.25, -0.2) is 8.42 Å². The summed E-state index contributed by atoms with van der Waals surface area (Å²) in [6.45, 7) is 4.53. The van der Waals surface area contributed by atoms with Crippen molar-refractivity contribution >= 4 is 27.6 Å². The summed E-state index contributed by atoms with van der Waals surface area (Å²) in [5.74, 6) is -1.47. The van der Waals surface area contributed by atoms with Crippen molar-refractivity contribution in [1.82, 2.24) is 4.72 Å². The number of nitrogens with zero attached hydrogens (tertiary/aromatic N) is 1. The zero-order chi connectivity index (χ0) is 21.6. The van der Waals surface area contributed by atoms with Crippen LogP contribution >= 0.6 is 0 Å². The number of hydrogen-bond acceptors (Lipinski definition) is 6. The molecule has 1 amide bonds. The molecule has 0 saturated carbocycles. The zero-order valence-corrected chi connectivity index (χ0v) is 17.0. The quantitative estimate of drug-likeness (QED) is 0.667. The summed E-state index contributed by atoms with van der Waals surface area (Å²) >= 11 is 0. The highest BCUT2D eigenvalue weighted by Gasteiger charge is 2.26. The molecule has 2 aromatic rings. The fraction of sp³-hybridized carbons (Fsp3) is 0.250. The molecule has 8 nitrogen and oxygen atoms in total. The average Bonchev–Trinajstić information content (AvgIpc) is 2.68. The number of ether oxygens (including phenoxy) is 1. The number of carbonyl (C=O) groups excluding carboxylic acids is 2. The van der Waals surface area contributed by atoms with Crippen LogP contribution in [-0.2, 0) is 24.3 Å². The minimum Gasteiger partial charge on any atom is -0.451 e. The minimum absolute atomic E-state index is 0.0226. The number of anilines is 1. The van der Waals surface area contributed by atoms with Crippen molar-refractivity contribution in [1.29, 1.82) is 5.26 Å². The van der Waals surface area contributed by atoms with Crippen LogP contribution in [0, 0.1) is 18.3 Å². The van der Waals surface area contributed by atoms with Crippen LogP contribution in [0.15, 0.2) is 53.4 Å². The summed E-state index contributed by atoms with van der Waals surface area (Å²) < 4.78 is 32.0. The predicted octanol–water partition coefficient (Wildman–Crippen LogP) is 2.10. The number of nitriles is 1. The topological polar surface area (TPSA) is 125 Å². The number of rotatable bonds is 7. The molecular formula is C20H21N3O5S. The second-order valence-electron chi connectivity index (χ2n) is 6.41. The molecule has 2 atom stereocenters. The standard InChI is InChI=1S/C20H21N3O5S/c1-13-4-10-18(11-5-13)29(26,27)23-14(2)20(25)28-15(3)19(24)22-17-8-6-16(12-21)7-9-17/h4-11,14-15,23H,1-3H3,(H,22,24)/t14-,15-/m0/s1. The molecule has 2 N–H and O–H groups in total. The molecule has 152 valence electrons. The molecule has 2 rings (SSSR count). The Morgan fingerprint density at radius 1 is 1.03 bits per heavy atom. The molecule has 0 saturated heterocycles. The second kappa shape index (κ2) is 9.32. The van der Waals surface area contributed by atoms with Crippen LogP contribution in [0.2, 0.25) is 0 Å². The maximum absolute atomic E-state index is 12.4. The summed E-state index contributed by atoms with van der Waals surface area (Å²) in [6.07, 6.45) is -1.15. The average molecular weight is 415 g/mol. The van der Waals surface area contributed by atoms with Gasteiger partial charge in [0.15, 0.2) is 6.10 Å². The van der Waals surface area contributed by atoms with E-state index in [1.807, 2.05) is 13.0 Å². The predicted molar refractivity (Wildman–Crippen MR) is 106 cm³/mol. The molecule has 2 aromatic carbocycles. The van der Waals surface area contributed by atoms with E-state index in [1.165, 1.54) is 38.1 Å². The van der Waals surface area contributed by atoms with Gasteiger partial charge in [-0.1, -0.05) is 17.7 Å². The van der Waals surface area contributed by atoms with Crippen LogP contribution in [0.5, 0.6) is 0 Å². The lowest BCUT2D eigenvalue weighted by Gasteiger charge is -2.17. The number of hydrogen-bond donors (Lipinski definition) is 2. The van der Waals surface area contributed by atoms with Crippen LogP contribution in [0.3, 0.4) is 0 Å². The molecular weight excluding hydrogens is 394 g/mol. The Morgan fingerprint density at radius 3 is 2.17 bits per heavy atom. The smallest absolute Gasteiger partial charge is 0.324 e. The maximum Gasteiger partial charge on any atom is 0.324 e. The molecule has 0 aliphatic carbocycles. The molecule has 29 heavy (non-hydrogen) atoms. The molecule has 0 fully saturated rings. The van der Waals surface area contributed by atoms with Crippen molar-refractivity contribution < 1.29 is 22.7 Å². The van der Waals surface area contributed by atoms with Gasteiger partial charge >= 0.3 is 5.97 Å². The van der Waals surface area contributed by atoms with Crippen LogP contribution in [0.4, 0.5) is 5.69 Å². The fourth-order valence-electron chi connectivity index (χ4n) is 2.27. The lowest BCUT2D eigenvalue weighted by Crippen LogP contribution is -2.42. The van der Waals surface area contributed by atoms with Crippen molar-refractivity contribution in [3.05, 3.63) is 59.7 Å². The van der Waals surface area contributed by atoms with Gasteiger partial charge in [0.2, 0.25) is 10.0 Å². The molecule has 0 unspecified atom stereocenters. The van der Waals surface area contributed by atoms with Gasteiger partial charge in [0.05, 0.1) is 16.5 Å². The third-order valence-electron chi connectivity index (χ3n) is 3.96. The molecule has 9 heteroatoms. The van der Waals surface area contributed by atoms with Gasteiger partial charge in [-0.3, -0.25) is 9.59 Å². The Labute approximate surface area is 169 Å². The summed E-state index contributed by atoms with van der Waals surface area (Å²) in [6, 6.07) is 13.1. The summed E-state index contributed by atoms with van der Waals surface area (Å²) in [4.78, 5) is 24.4. The van der Waals surface area contributed by atoms with E-state index < -0.39 is 34.0 Å². The SMILES string of the molecule is Cc1ccc(S(=O)(=O)N[C@@H](C)C(=O)O[C@@H](C)C(=O)Nc2ccc(C#N)cc2)cc1. The number of esters is 1. The molecule has 0 aliphatic heterocycles. The first-order valence-corrected chi connectivity index (χ1v) is 10.2. The molecule has 0 radical (unpaired) electrons. The van der Waals surface area contributed by atoms with Crippen LogP contribution in [0.1, 0.15) is 25.0 Å². The second-order valence-corrected chi connectivity index (χ2v) is 8.13.